The molecule has 0 spiro atoms. The second kappa shape index (κ2) is 20.9. The minimum atomic E-state index is -0.125. The van der Waals surface area contributed by atoms with Gasteiger partial charge in [-0.05, 0) is 41.5 Å². The molecule has 0 aromatic carbocycles. The second-order valence-electron chi connectivity index (χ2n) is 4.19. The molecule has 0 heterocycles. The van der Waals surface area contributed by atoms with Gasteiger partial charge in [-0.2, -0.15) is 0 Å². The molecule has 0 aliphatic heterocycles. The summed E-state index contributed by atoms with van der Waals surface area (Å²) in [5.74, 6) is -0.187. The van der Waals surface area contributed by atoms with Gasteiger partial charge in [0.05, 0.1) is 17.3 Å². The van der Waals surface area contributed by atoms with E-state index in [1.165, 1.54) is 59.8 Å². The molecule has 0 amide bonds. The van der Waals surface area contributed by atoms with Gasteiger partial charge in [0, 0.05) is 18.2 Å². The Labute approximate surface area is 164 Å². The van der Waals surface area contributed by atoms with Gasteiger partial charge in [0.2, 0.25) is 0 Å². The fraction of sp³-hybridized carbons (Fsp3) is 0.400. The molecule has 0 fully saturated rings. The molecule has 0 radical (unpaired) electrons. The van der Waals surface area contributed by atoms with E-state index in [9.17, 15) is 14.4 Å². The second-order valence-corrected chi connectivity index (χ2v) is 4.19. The van der Waals surface area contributed by atoms with Gasteiger partial charge in [-0.1, -0.05) is 0 Å². The van der Waals surface area contributed by atoms with E-state index in [1.54, 1.807) is 0 Å². The summed E-state index contributed by atoms with van der Waals surface area (Å²) >= 11 is 0. The first kappa shape index (κ1) is 33.5. The van der Waals surface area contributed by atoms with Crippen LogP contribution in [0, 0.1) is 0 Å². The number of hydrogen-bond acceptors (Lipinski definition) is 6. The van der Waals surface area contributed by atoms with Crippen LogP contribution in [0.4, 0.5) is 0 Å². The van der Waals surface area contributed by atoms with Crippen LogP contribution in [0.1, 0.15) is 41.5 Å². The Kier molecular flexibility index (Phi) is 30.5. The third-order valence-corrected chi connectivity index (χ3v) is 1.24. The number of carbonyl (C=O) groups excluding carboxylic acids is 3. The number of aliphatic hydroxyl groups is 3. The number of allylic oxidation sites excluding steroid dienone is 6. The summed E-state index contributed by atoms with van der Waals surface area (Å²) in [7, 11) is 0. The van der Waals surface area contributed by atoms with Gasteiger partial charge in [0.25, 0.3) is 0 Å². The van der Waals surface area contributed by atoms with Crippen molar-refractivity contribution in [1.29, 1.82) is 0 Å². The van der Waals surface area contributed by atoms with E-state index in [-0.39, 0.29) is 74.8 Å². The molecule has 0 saturated carbocycles. The number of hydrogen-bond donors (Lipinski definition) is 3. The van der Waals surface area contributed by atoms with Crippen LogP contribution in [0.5, 0.6) is 0 Å². The summed E-state index contributed by atoms with van der Waals surface area (Å²) in [6.45, 7) is 8.54. The van der Waals surface area contributed by atoms with Crippen molar-refractivity contribution in [2.75, 3.05) is 0 Å². The first-order valence-electron chi connectivity index (χ1n) is 6.02. The van der Waals surface area contributed by atoms with Gasteiger partial charge in [0.1, 0.15) is 0 Å². The number of carbonyl (C=O) groups is 3. The maximum absolute atomic E-state index is 10.0. The van der Waals surface area contributed by atoms with Crippen molar-refractivity contribution in [1.82, 2.24) is 0 Å². The third-order valence-electron chi connectivity index (χ3n) is 1.24. The van der Waals surface area contributed by atoms with Gasteiger partial charge in [0.15, 0.2) is 17.3 Å². The van der Waals surface area contributed by atoms with E-state index in [4.69, 9.17) is 15.3 Å². The van der Waals surface area contributed by atoms with Crippen molar-refractivity contribution in [3.63, 3.8) is 0 Å². The van der Waals surface area contributed by atoms with Gasteiger partial charge in [-0.3, -0.25) is 14.4 Å². The van der Waals surface area contributed by atoms with E-state index in [2.05, 4.69) is 0 Å². The maximum atomic E-state index is 10.0. The van der Waals surface area contributed by atoms with E-state index in [1.807, 2.05) is 0 Å². The molecule has 132 valence electrons. The fourth-order valence-corrected chi connectivity index (χ4v) is 0.882. The maximum Gasteiger partial charge on any atom is 3.00 e. The van der Waals surface area contributed by atoms with Crippen LogP contribution in [0.2, 0.25) is 0 Å². The zero-order valence-corrected chi connectivity index (χ0v) is 18.8. The molecular formula is C15H24Ir2O6+6. The largest absolute Gasteiger partial charge is 3.00 e. The molecule has 3 N–H and O–H groups in total. The predicted molar refractivity (Wildman–Crippen MR) is 81.2 cm³/mol. The molecule has 6 nitrogen and oxygen atoms in total. The molecule has 0 atom stereocenters. The summed E-state index contributed by atoms with van der Waals surface area (Å²) in [4.78, 5) is 30.1. The Morgan fingerprint density at radius 1 is 0.522 bits per heavy atom. The number of aliphatic hydroxyl groups excluding tert-OH is 3. The molecule has 0 aromatic heterocycles. The third kappa shape index (κ3) is 62.8. The molecule has 0 aromatic rings. The molecule has 8 heteroatoms. The molecule has 0 bridgehead atoms. The molecule has 0 rings (SSSR count). The molecular weight excluding hydrogens is 661 g/mol. The summed E-state index contributed by atoms with van der Waals surface area (Å²) in [6, 6.07) is 0. The quantitative estimate of drug-likeness (QED) is 0.312. The zero-order chi connectivity index (χ0) is 17.6. The molecule has 0 aliphatic rings. The van der Waals surface area contributed by atoms with Gasteiger partial charge in [-0.15, -0.1) is 0 Å². The van der Waals surface area contributed by atoms with Crippen LogP contribution < -0.4 is 0 Å². The normalized spacial score (nSPS) is 10.4. The Hall–Kier alpha value is -1.07. The number of rotatable bonds is 3. The molecule has 0 saturated heterocycles. The van der Waals surface area contributed by atoms with Crippen molar-refractivity contribution in [3.8, 4) is 0 Å². The van der Waals surface area contributed by atoms with Gasteiger partial charge < -0.3 is 15.3 Å². The van der Waals surface area contributed by atoms with Crippen molar-refractivity contribution < 1.29 is 69.9 Å². The van der Waals surface area contributed by atoms with Crippen LogP contribution in [-0.2, 0) is 54.6 Å². The van der Waals surface area contributed by atoms with Gasteiger partial charge >= 0.3 is 40.2 Å². The van der Waals surface area contributed by atoms with Crippen LogP contribution in [0.25, 0.3) is 0 Å². The summed E-state index contributed by atoms with van der Waals surface area (Å²) in [5, 5.41) is 25.1. The summed E-state index contributed by atoms with van der Waals surface area (Å²) in [6.07, 6.45) is 3.50. The van der Waals surface area contributed by atoms with E-state index < -0.39 is 0 Å². The van der Waals surface area contributed by atoms with E-state index >= 15 is 0 Å². The summed E-state index contributed by atoms with van der Waals surface area (Å²) in [5.41, 5.74) is 0. The van der Waals surface area contributed by atoms with Crippen molar-refractivity contribution in [3.05, 3.63) is 35.5 Å². The smallest absolute Gasteiger partial charge is 0.512 e. The zero-order valence-electron chi connectivity index (χ0n) is 14.0. The van der Waals surface area contributed by atoms with Gasteiger partial charge in [-0.25, -0.2) is 0 Å². The van der Waals surface area contributed by atoms with Crippen molar-refractivity contribution in [2.24, 2.45) is 0 Å². The fourth-order valence-electron chi connectivity index (χ4n) is 0.882. The molecule has 23 heavy (non-hydrogen) atoms. The minimum absolute atomic E-state index is 0. The van der Waals surface area contributed by atoms with Crippen molar-refractivity contribution in [2.45, 2.75) is 41.5 Å². The first-order chi connectivity index (χ1) is 9.38. The Morgan fingerprint density at radius 3 is 0.652 bits per heavy atom. The standard InChI is InChI=1S/3C5H8O2.2Ir/c3*1-4(6)3-5(2)7;;/h3*3,6H,1-2H3;;/q;;;2*+3. The average Bonchev–Trinajstić information content (AvgIpc) is 2.10. The number of ketones is 3. The molecule has 0 unspecified atom stereocenters. The van der Waals surface area contributed by atoms with Crippen LogP contribution in [-0.4, -0.2) is 32.7 Å². The SMILES string of the molecule is CC(=O)C=C(C)O.CC(=O)C=C(C)O.CC(=O)C=C(C)O.[Ir+3].[Ir+3]. The Bertz CT molecular complexity index is 372. The predicted octanol–water partition coefficient (Wildman–Crippen LogP) is 3.11. The van der Waals surface area contributed by atoms with E-state index in [0.717, 1.165) is 0 Å². The average molecular weight is 685 g/mol. The Morgan fingerprint density at radius 2 is 0.652 bits per heavy atom. The Balaban J connectivity index is -0.0000000675. The van der Waals surface area contributed by atoms with Crippen LogP contribution >= 0.6 is 0 Å². The van der Waals surface area contributed by atoms with Crippen LogP contribution in [0.15, 0.2) is 35.5 Å². The van der Waals surface area contributed by atoms with E-state index in [0.29, 0.717) is 0 Å². The minimum Gasteiger partial charge on any atom is -0.512 e. The summed E-state index contributed by atoms with van der Waals surface area (Å²) < 4.78 is 0. The molecule has 0 aliphatic carbocycles. The van der Waals surface area contributed by atoms with Crippen LogP contribution in [0.3, 0.4) is 0 Å². The van der Waals surface area contributed by atoms with Crippen molar-refractivity contribution >= 4 is 17.3 Å². The first-order valence-corrected chi connectivity index (χ1v) is 6.02. The monoisotopic (exact) mass is 686 g/mol. The topological polar surface area (TPSA) is 112 Å².